The standard InChI is InChI=1S/C24H35N3O/c1-25-22(18-20-10-6-7-13-23(20)25)19-27(21-11-4-2-5-12-21)24(28)14-17-26-15-8-3-9-16-26/h6-7,10,13,18,21H,2-5,8-9,11-12,14-17,19H2,1H3/p+1. The van der Waals surface area contributed by atoms with Crippen LogP contribution in [0.2, 0.25) is 0 Å². The lowest BCUT2D eigenvalue weighted by Crippen LogP contribution is -3.12. The summed E-state index contributed by atoms with van der Waals surface area (Å²) in [4.78, 5) is 17.2. The first-order valence-electron chi connectivity index (χ1n) is 11.4. The maximum Gasteiger partial charge on any atom is 0.228 e. The van der Waals surface area contributed by atoms with E-state index in [2.05, 4.69) is 46.8 Å². The Morgan fingerprint density at radius 1 is 1.07 bits per heavy atom. The van der Waals surface area contributed by atoms with Gasteiger partial charge in [0.15, 0.2) is 0 Å². The number of benzene rings is 1. The van der Waals surface area contributed by atoms with Gasteiger partial charge in [-0.2, -0.15) is 0 Å². The molecule has 1 N–H and O–H groups in total. The molecule has 1 aliphatic heterocycles. The second kappa shape index (κ2) is 9.13. The SMILES string of the molecule is Cn1c(CN(C(=O)CC[NH+]2CCCCC2)C2CCCCC2)cc2ccccc21. The van der Waals surface area contributed by atoms with E-state index in [1.807, 2.05) is 0 Å². The number of rotatable bonds is 6. The van der Waals surface area contributed by atoms with Crippen LogP contribution >= 0.6 is 0 Å². The van der Waals surface area contributed by atoms with Gasteiger partial charge in [0.25, 0.3) is 0 Å². The third kappa shape index (κ3) is 4.43. The van der Waals surface area contributed by atoms with Gasteiger partial charge in [0.2, 0.25) is 5.91 Å². The molecule has 2 fully saturated rings. The van der Waals surface area contributed by atoms with Gasteiger partial charge in [-0.25, -0.2) is 0 Å². The topological polar surface area (TPSA) is 29.7 Å². The maximum atomic E-state index is 13.3. The molecular formula is C24H36N3O+. The van der Waals surface area contributed by atoms with Crippen molar-refractivity contribution < 1.29 is 9.69 Å². The number of carbonyl (C=O) groups is 1. The van der Waals surface area contributed by atoms with Crippen LogP contribution in [0.3, 0.4) is 0 Å². The molecule has 1 saturated carbocycles. The molecule has 0 radical (unpaired) electrons. The number of likely N-dealkylation sites (tertiary alicyclic amines) is 1. The normalized spacial score (nSPS) is 19.2. The number of piperidine rings is 1. The van der Waals surface area contributed by atoms with Gasteiger partial charge in [0.1, 0.15) is 0 Å². The molecular weight excluding hydrogens is 346 g/mol. The smallest absolute Gasteiger partial charge is 0.228 e. The molecule has 152 valence electrons. The number of nitrogens with one attached hydrogen (secondary N) is 1. The fraction of sp³-hybridized carbons (Fsp3) is 0.625. The van der Waals surface area contributed by atoms with E-state index >= 15 is 0 Å². The highest BCUT2D eigenvalue weighted by molar-refractivity contribution is 5.81. The molecule has 4 heteroatoms. The molecule has 1 aromatic heterocycles. The average molecular weight is 383 g/mol. The van der Waals surface area contributed by atoms with Crippen molar-refractivity contribution in [2.45, 2.75) is 70.4 Å². The third-order valence-corrected chi connectivity index (χ3v) is 6.97. The van der Waals surface area contributed by atoms with Gasteiger partial charge in [-0.1, -0.05) is 37.5 Å². The molecule has 0 atom stereocenters. The minimum Gasteiger partial charge on any atom is -0.346 e. The number of quaternary nitrogens is 1. The van der Waals surface area contributed by atoms with Crippen molar-refractivity contribution in [1.29, 1.82) is 0 Å². The number of hydrogen-bond acceptors (Lipinski definition) is 1. The lowest BCUT2D eigenvalue weighted by Gasteiger charge is -2.35. The van der Waals surface area contributed by atoms with E-state index in [0.29, 0.717) is 18.4 Å². The quantitative estimate of drug-likeness (QED) is 0.816. The van der Waals surface area contributed by atoms with Crippen LogP contribution in [-0.4, -0.2) is 41.1 Å². The molecule has 1 aromatic carbocycles. The maximum absolute atomic E-state index is 13.3. The number of amides is 1. The summed E-state index contributed by atoms with van der Waals surface area (Å²) in [6.45, 7) is 4.26. The van der Waals surface area contributed by atoms with Crippen molar-refractivity contribution in [2.75, 3.05) is 19.6 Å². The number of nitrogens with zero attached hydrogens (tertiary/aromatic N) is 2. The van der Waals surface area contributed by atoms with Crippen molar-refractivity contribution in [3.8, 4) is 0 Å². The van der Waals surface area contributed by atoms with E-state index in [-0.39, 0.29) is 0 Å². The minimum absolute atomic E-state index is 0.371. The predicted octanol–water partition coefficient (Wildman–Crippen LogP) is 3.30. The lowest BCUT2D eigenvalue weighted by atomic mass is 9.93. The molecule has 2 heterocycles. The van der Waals surface area contributed by atoms with Crippen LogP contribution in [0.1, 0.15) is 63.5 Å². The highest BCUT2D eigenvalue weighted by Crippen LogP contribution is 2.26. The van der Waals surface area contributed by atoms with Crippen molar-refractivity contribution in [3.63, 3.8) is 0 Å². The van der Waals surface area contributed by atoms with Crippen LogP contribution in [0.4, 0.5) is 0 Å². The summed E-state index contributed by atoms with van der Waals surface area (Å²) < 4.78 is 2.27. The van der Waals surface area contributed by atoms with E-state index in [0.717, 1.165) is 13.1 Å². The number of carbonyl (C=O) groups excluding carboxylic acids is 1. The fourth-order valence-corrected chi connectivity index (χ4v) is 5.22. The van der Waals surface area contributed by atoms with E-state index in [9.17, 15) is 4.79 Å². The Labute approximate surface area is 169 Å². The molecule has 0 unspecified atom stereocenters. The number of aryl methyl sites for hydroxylation is 1. The van der Waals surface area contributed by atoms with Gasteiger partial charge in [-0.05, 0) is 49.6 Å². The molecule has 2 aromatic rings. The van der Waals surface area contributed by atoms with E-state index in [1.54, 1.807) is 4.90 Å². The first kappa shape index (κ1) is 19.5. The van der Waals surface area contributed by atoms with Gasteiger partial charge < -0.3 is 14.4 Å². The molecule has 1 amide bonds. The predicted molar refractivity (Wildman–Crippen MR) is 114 cm³/mol. The summed E-state index contributed by atoms with van der Waals surface area (Å²) in [6, 6.07) is 11.2. The Morgan fingerprint density at radius 2 is 1.79 bits per heavy atom. The first-order chi connectivity index (χ1) is 13.7. The molecule has 1 saturated heterocycles. The second-order valence-corrected chi connectivity index (χ2v) is 8.88. The van der Waals surface area contributed by atoms with Crippen molar-refractivity contribution in [2.24, 2.45) is 7.05 Å². The van der Waals surface area contributed by atoms with Crippen LogP contribution in [0.5, 0.6) is 0 Å². The lowest BCUT2D eigenvalue weighted by molar-refractivity contribution is -0.904. The third-order valence-electron chi connectivity index (χ3n) is 6.97. The number of hydrogen-bond donors (Lipinski definition) is 1. The van der Waals surface area contributed by atoms with Crippen LogP contribution in [0.25, 0.3) is 10.9 Å². The minimum atomic E-state index is 0.371. The van der Waals surface area contributed by atoms with E-state index < -0.39 is 0 Å². The van der Waals surface area contributed by atoms with Crippen molar-refractivity contribution in [3.05, 3.63) is 36.0 Å². The summed E-state index contributed by atoms with van der Waals surface area (Å²) in [5, 5.41) is 1.27. The Kier molecular flexibility index (Phi) is 6.36. The van der Waals surface area contributed by atoms with Gasteiger partial charge in [0.05, 0.1) is 32.6 Å². The molecule has 1 aliphatic carbocycles. The highest BCUT2D eigenvalue weighted by Gasteiger charge is 2.27. The van der Waals surface area contributed by atoms with Gasteiger partial charge in [0, 0.05) is 24.3 Å². The zero-order valence-corrected chi connectivity index (χ0v) is 17.5. The Morgan fingerprint density at radius 3 is 2.54 bits per heavy atom. The van der Waals surface area contributed by atoms with Crippen molar-refractivity contribution in [1.82, 2.24) is 9.47 Å². The second-order valence-electron chi connectivity index (χ2n) is 8.88. The zero-order chi connectivity index (χ0) is 19.3. The monoisotopic (exact) mass is 382 g/mol. The average Bonchev–Trinajstić information content (AvgIpc) is 3.07. The summed E-state index contributed by atoms with van der Waals surface area (Å²) >= 11 is 0. The number of fused-ring (bicyclic) bond motifs is 1. The Balaban J connectivity index is 1.49. The van der Waals surface area contributed by atoms with Gasteiger partial charge in [-0.15, -0.1) is 0 Å². The molecule has 2 aliphatic rings. The Hall–Kier alpha value is -1.81. The zero-order valence-electron chi connectivity index (χ0n) is 17.5. The van der Waals surface area contributed by atoms with Crippen LogP contribution < -0.4 is 4.90 Å². The van der Waals surface area contributed by atoms with E-state index in [4.69, 9.17) is 0 Å². The summed E-state index contributed by atoms with van der Waals surface area (Å²) in [5.41, 5.74) is 2.51. The molecule has 0 bridgehead atoms. The largest absolute Gasteiger partial charge is 0.346 e. The summed E-state index contributed by atoms with van der Waals surface area (Å²) in [5.74, 6) is 0.371. The number of aromatic nitrogens is 1. The first-order valence-corrected chi connectivity index (χ1v) is 11.4. The van der Waals surface area contributed by atoms with Gasteiger partial charge in [-0.3, -0.25) is 4.79 Å². The van der Waals surface area contributed by atoms with Crippen molar-refractivity contribution >= 4 is 16.8 Å². The van der Waals surface area contributed by atoms with Crippen LogP contribution in [-0.2, 0) is 18.4 Å². The highest BCUT2D eigenvalue weighted by atomic mass is 16.2. The molecule has 0 spiro atoms. The van der Waals surface area contributed by atoms with E-state index in [1.165, 1.54) is 81.1 Å². The number of para-hydroxylation sites is 1. The molecule has 28 heavy (non-hydrogen) atoms. The van der Waals surface area contributed by atoms with Crippen LogP contribution in [0, 0.1) is 0 Å². The molecule has 4 rings (SSSR count). The summed E-state index contributed by atoms with van der Waals surface area (Å²) in [7, 11) is 2.14. The Bertz CT molecular complexity index is 784. The van der Waals surface area contributed by atoms with Crippen LogP contribution in [0.15, 0.2) is 30.3 Å². The fourth-order valence-electron chi connectivity index (χ4n) is 5.22. The van der Waals surface area contributed by atoms with Gasteiger partial charge >= 0.3 is 0 Å². The summed E-state index contributed by atoms with van der Waals surface area (Å²) in [6.07, 6.45) is 10.9. The molecule has 4 nitrogen and oxygen atoms in total.